The van der Waals surface area contributed by atoms with Crippen molar-refractivity contribution < 1.29 is 14.5 Å². The third-order valence-corrected chi connectivity index (χ3v) is 5.83. The summed E-state index contributed by atoms with van der Waals surface area (Å²) in [6, 6.07) is 25.5. The van der Waals surface area contributed by atoms with Crippen LogP contribution in [0, 0.1) is 28.4 Å². The van der Waals surface area contributed by atoms with Crippen molar-refractivity contribution in [1.82, 2.24) is 4.57 Å². The highest BCUT2D eigenvalue weighted by Crippen LogP contribution is 2.37. The molecule has 4 aromatic rings. The standard InChI is InChI=1S/C27H23N3O4/c1-19-14-23-24(29(19)18-34-17-20-8-4-2-5-9-20)12-13-25(30(32)33)27(23)22(16-28)15-26(31)21-10-6-3-7-11-21/h2-14,22H,15,17-18H2,1H3. The van der Waals surface area contributed by atoms with Crippen LogP contribution in [0.2, 0.25) is 0 Å². The molecule has 4 rings (SSSR count). The summed E-state index contributed by atoms with van der Waals surface area (Å²) < 4.78 is 7.81. The molecule has 7 nitrogen and oxygen atoms in total. The van der Waals surface area contributed by atoms with Crippen LogP contribution in [0.1, 0.15) is 39.5 Å². The van der Waals surface area contributed by atoms with E-state index in [9.17, 15) is 20.2 Å². The van der Waals surface area contributed by atoms with Crippen molar-refractivity contribution in [2.75, 3.05) is 0 Å². The molecule has 3 aromatic carbocycles. The maximum absolute atomic E-state index is 12.8. The van der Waals surface area contributed by atoms with Crippen LogP contribution in [0.3, 0.4) is 0 Å². The molecule has 1 heterocycles. The third-order valence-electron chi connectivity index (χ3n) is 5.83. The predicted octanol–water partition coefficient (Wildman–Crippen LogP) is 5.91. The second-order valence-corrected chi connectivity index (χ2v) is 8.04. The van der Waals surface area contributed by atoms with Gasteiger partial charge in [-0.1, -0.05) is 60.7 Å². The van der Waals surface area contributed by atoms with Crippen molar-refractivity contribution in [3.05, 3.63) is 111 Å². The Hall–Kier alpha value is -4.28. The number of ketones is 1. The number of fused-ring (bicyclic) bond motifs is 1. The third kappa shape index (κ3) is 4.72. The molecular formula is C27H23N3O4. The van der Waals surface area contributed by atoms with Crippen molar-refractivity contribution in [3.63, 3.8) is 0 Å². The van der Waals surface area contributed by atoms with E-state index in [4.69, 9.17) is 4.74 Å². The highest BCUT2D eigenvalue weighted by Gasteiger charge is 2.28. The summed E-state index contributed by atoms with van der Waals surface area (Å²) in [6.07, 6.45) is -0.144. The lowest BCUT2D eigenvalue weighted by atomic mass is 9.89. The van der Waals surface area contributed by atoms with E-state index in [1.54, 1.807) is 36.4 Å². The predicted molar refractivity (Wildman–Crippen MR) is 128 cm³/mol. The number of Topliss-reactive ketones (excluding diaryl/α,β-unsaturated/α-hetero) is 1. The molecule has 7 heteroatoms. The lowest BCUT2D eigenvalue weighted by molar-refractivity contribution is -0.385. The monoisotopic (exact) mass is 453 g/mol. The number of nitro benzene ring substituents is 1. The van der Waals surface area contributed by atoms with Crippen LogP contribution in [0.25, 0.3) is 10.9 Å². The largest absolute Gasteiger partial charge is 0.356 e. The van der Waals surface area contributed by atoms with Crippen molar-refractivity contribution in [2.45, 2.75) is 32.6 Å². The molecule has 0 radical (unpaired) electrons. The molecule has 0 N–H and O–H groups in total. The maximum atomic E-state index is 12.8. The Bertz CT molecular complexity index is 1370. The number of aryl methyl sites for hydroxylation is 1. The first-order chi connectivity index (χ1) is 16.5. The summed E-state index contributed by atoms with van der Waals surface area (Å²) in [5, 5.41) is 22.4. The van der Waals surface area contributed by atoms with Crippen molar-refractivity contribution in [3.8, 4) is 6.07 Å². The number of nitro groups is 1. The molecular weight excluding hydrogens is 430 g/mol. The van der Waals surface area contributed by atoms with E-state index in [1.807, 2.05) is 47.9 Å². The smallest absolute Gasteiger partial charge is 0.274 e. The minimum atomic E-state index is -0.961. The molecule has 0 amide bonds. The first-order valence-electron chi connectivity index (χ1n) is 10.9. The summed E-state index contributed by atoms with van der Waals surface area (Å²) in [6.45, 7) is 2.56. The number of nitriles is 1. The number of carbonyl (C=O) groups is 1. The van der Waals surface area contributed by atoms with Crippen LogP contribution in [-0.2, 0) is 18.1 Å². The van der Waals surface area contributed by atoms with Gasteiger partial charge in [0.2, 0.25) is 0 Å². The van der Waals surface area contributed by atoms with Gasteiger partial charge in [-0.3, -0.25) is 14.9 Å². The van der Waals surface area contributed by atoms with Gasteiger partial charge in [-0.25, -0.2) is 0 Å². The molecule has 0 saturated carbocycles. The van der Waals surface area contributed by atoms with E-state index >= 15 is 0 Å². The zero-order chi connectivity index (χ0) is 24.1. The van der Waals surface area contributed by atoms with Crippen LogP contribution in [-0.4, -0.2) is 15.3 Å². The van der Waals surface area contributed by atoms with E-state index in [0.29, 0.717) is 17.6 Å². The van der Waals surface area contributed by atoms with Gasteiger partial charge in [0.05, 0.1) is 34.6 Å². The summed E-state index contributed by atoms with van der Waals surface area (Å²) in [5.41, 5.74) is 3.17. The minimum absolute atomic E-state index is 0.144. The molecule has 1 unspecified atom stereocenters. The number of benzene rings is 3. The Morgan fingerprint density at radius 2 is 1.76 bits per heavy atom. The van der Waals surface area contributed by atoms with E-state index in [-0.39, 0.29) is 30.2 Å². The van der Waals surface area contributed by atoms with E-state index in [1.165, 1.54) is 6.07 Å². The zero-order valence-corrected chi connectivity index (χ0v) is 18.7. The highest BCUT2D eigenvalue weighted by molar-refractivity contribution is 5.98. The van der Waals surface area contributed by atoms with Crippen LogP contribution >= 0.6 is 0 Å². The first kappa shape index (κ1) is 22.9. The number of ether oxygens (including phenoxy) is 1. The lowest BCUT2D eigenvalue weighted by Crippen LogP contribution is -2.09. The van der Waals surface area contributed by atoms with Crippen molar-refractivity contribution in [1.29, 1.82) is 5.26 Å². The van der Waals surface area contributed by atoms with Gasteiger partial charge >= 0.3 is 0 Å². The van der Waals surface area contributed by atoms with Gasteiger partial charge in [0.1, 0.15) is 6.73 Å². The molecule has 34 heavy (non-hydrogen) atoms. The molecule has 0 saturated heterocycles. The lowest BCUT2D eigenvalue weighted by Gasteiger charge is -2.13. The minimum Gasteiger partial charge on any atom is -0.356 e. The second kappa shape index (κ2) is 10.1. The SMILES string of the molecule is Cc1cc2c(C(C#N)CC(=O)c3ccccc3)c([N+](=O)[O-])ccc2n1COCc1ccccc1. The topological polar surface area (TPSA) is 98.2 Å². The summed E-state index contributed by atoms with van der Waals surface area (Å²) in [4.78, 5) is 24.2. The molecule has 0 fully saturated rings. The van der Waals surface area contributed by atoms with Gasteiger partial charge in [-0.15, -0.1) is 0 Å². The van der Waals surface area contributed by atoms with Crippen molar-refractivity contribution in [2.24, 2.45) is 0 Å². The Morgan fingerprint density at radius 1 is 1.09 bits per heavy atom. The number of aromatic nitrogens is 1. The van der Waals surface area contributed by atoms with Gasteiger partial charge < -0.3 is 9.30 Å². The summed E-state index contributed by atoms with van der Waals surface area (Å²) in [7, 11) is 0. The average molecular weight is 453 g/mol. The van der Waals surface area contributed by atoms with E-state index in [2.05, 4.69) is 6.07 Å². The van der Waals surface area contributed by atoms with Gasteiger partial charge in [-0.05, 0) is 24.6 Å². The number of nitrogens with zero attached hydrogens (tertiary/aromatic N) is 3. The van der Waals surface area contributed by atoms with Crippen LogP contribution < -0.4 is 0 Å². The molecule has 0 bridgehead atoms. The van der Waals surface area contributed by atoms with Gasteiger partial charge in [-0.2, -0.15) is 5.26 Å². The Morgan fingerprint density at radius 3 is 2.41 bits per heavy atom. The van der Waals surface area contributed by atoms with Crippen LogP contribution in [0.15, 0.2) is 78.9 Å². The number of hydrogen-bond donors (Lipinski definition) is 0. The number of hydrogen-bond acceptors (Lipinski definition) is 5. The van der Waals surface area contributed by atoms with Gasteiger partial charge in [0, 0.05) is 29.1 Å². The normalized spacial score (nSPS) is 11.8. The van der Waals surface area contributed by atoms with Crippen molar-refractivity contribution >= 4 is 22.4 Å². The Balaban J connectivity index is 1.69. The fourth-order valence-corrected chi connectivity index (χ4v) is 4.14. The molecule has 1 aromatic heterocycles. The van der Waals surface area contributed by atoms with E-state index < -0.39 is 10.8 Å². The number of carbonyl (C=O) groups excluding carboxylic acids is 1. The fraction of sp³-hybridized carbons (Fsp3) is 0.185. The Kier molecular flexibility index (Phi) is 6.81. The first-order valence-corrected chi connectivity index (χ1v) is 10.9. The highest BCUT2D eigenvalue weighted by atomic mass is 16.6. The van der Waals surface area contributed by atoms with E-state index in [0.717, 1.165) is 16.8 Å². The molecule has 170 valence electrons. The molecule has 0 aliphatic heterocycles. The molecule has 0 aliphatic carbocycles. The van der Waals surface area contributed by atoms with Gasteiger partial charge in [0.15, 0.2) is 5.78 Å². The second-order valence-electron chi connectivity index (χ2n) is 8.04. The quantitative estimate of drug-likeness (QED) is 0.178. The molecule has 0 spiro atoms. The average Bonchev–Trinajstić information content (AvgIpc) is 3.18. The summed E-state index contributed by atoms with van der Waals surface area (Å²) in [5.74, 6) is -1.20. The fourth-order valence-electron chi connectivity index (χ4n) is 4.14. The van der Waals surface area contributed by atoms with Crippen LogP contribution in [0.4, 0.5) is 5.69 Å². The maximum Gasteiger partial charge on any atom is 0.274 e. The molecule has 0 aliphatic rings. The van der Waals surface area contributed by atoms with Gasteiger partial charge in [0.25, 0.3) is 5.69 Å². The van der Waals surface area contributed by atoms with Crippen LogP contribution in [0.5, 0.6) is 0 Å². The number of rotatable bonds is 9. The zero-order valence-electron chi connectivity index (χ0n) is 18.7. The Labute approximate surface area is 197 Å². The summed E-state index contributed by atoms with van der Waals surface area (Å²) >= 11 is 0. The molecule has 1 atom stereocenters.